The van der Waals surface area contributed by atoms with E-state index in [9.17, 15) is 33.7 Å². The van der Waals surface area contributed by atoms with Gasteiger partial charge < -0.3 is 44.8 Å². The van der Waals surface area contributed by atoms with Crippen molar-refractivity contribution in [2.45, 2.75) is 31.0 Å². The van der Waals surface area contributed by atoms with Crippen LogP contribution in [0.3, 0.4) is 0 Å². The van der Waals surface area contributed by atoms with E-state index in [1.54, 1.807) is 6.07 Å². The SMILES string of the molecule is C[C@@]1(O)[C@H](O)[C@@H](COP(=O)(O)OP(=O)(O)OP(=O)(O)O)O[C@H]1n1cc(-c2ccn[nH]2)c2c(N)ncnc21. The molecule has 0 bridgehead atoms. The van der Waals surface area contributed by atoms with Crippen molar-refractivity contribution in [3.05, 3.63) is 24.8 Å². The van der Waals surface area contributed by atoms with Crippen molar-refractivity contribution in [3.8, 4) is 11.3 Å². The van der Waals surface area contributed by atoms with Gasteiger partial charge >= 0.3 is 23.5 Å². The maximum Gasteiger partial charge on any atom is 0.490 e. The van der Waals surface area contributed by atoms with Gasteiger partial charge in [-0.2, -0.15) is 13.7 Å². The van der Waals surface area contributed by atoms with Crippen molar-refractivity contribution in [2.24, 2.45) is 0 Å². The van der Waals surface area contributed by atoms with E-state index in [0.717, 1.165) is 6.33 Å². The number of ether oxygens (including phenoxy) is 1. The highest BCUT2D eigenvalue weighted by molar-refractivity contribution is 7.66. The maximum absolute atomic E-state index is 12.0. The number of phosphoric acid groups is 3. The van der Waals surface area contributed by atoms with Crippen molar-refractivity contribution < 1.29 is 61.4 Å². The predicted molar refractivity (Wildman–Crippen MR) is 120 cm³/mol. The van der Waals surface area contributed by atoms with Crippen molar-refractivity contribution in [1.82, 2.24) is 24.7 Å². The third-order valence-electron chi connectivity index (χ3n) is 5.25. The van der Waals surface area contributed by atoms with Crippen LogP contribution in [0.4, 0.5) is 5.82 Å². The molecule has 9 N–H and O–H groups in total. The number of aromatic amines is 1. The standard InChI is InChI=1S/C15H21N6O13P3/c1-15(23)11(22)9(5-31-36(27,28)34-37(29,30)33-35(24,25)26)32-14(15)21-4-7(8-2-3-19-20-8)10-12(16)17-6-18-13(10)21/h2-4,6,9,11,14,22-23H,5H2,1H3,(H,19,20)(H,27,28)(H,29,30)(H2,16,17,18)(H2,24,25,26)/t9-,11-,14-,15-/m1/s1. The Kier molecular flexibility index (Phi) is 7.24. The molecule has 1 saturated heterocycles. The Morgan fingerprint density at radius 1 is 1.19 bits per heavy atom. The van der Waals surface area contributed by atoms with Crippen LogP contribution in [0.1, 0.15) is 13.2 Å². The molecule has 0 radical (unpaired) electrons. The molecule has 0 spiro atoms. The number of fused-ring (bicyclic) bond motifs is 1. The van der Waals surface area contributed by atoms with Crippen LogP contribution in [-0.4, -0.2) is 78.9 Å². The van der Waals surface area contributed by atoms with E-state index >= 15 is 0 Å². The summed E-state index contributed by atoms with van der Waals surface area (Å²) in [6.45, 7) is 0.223. The van der Waals surface area contributed by atoms with Crippen LogP contribution in [0.2, 0.25) is 0 Å². The number of phosphoric ester groups is 1. The first-order valence-electron chi connectivity index (χ1n) is 9.96. The maximum atomic E-state index is 12.0. The number of nitrogens with two attached hydrogens (primary N) is 1. The van der Waals surface area contributed by atoms with Gasteiger partial charge in [-0.25, -0.2) is 23.7 Å². The minimum absolute atomic E-state index is 0.0933. The molecule has 0 aliphatic carbocycles. The topological polar surface area (TPSA) is 295 Å². The molecular formula is C15H21N6O13P3. The molecule has 204 valence electrons. The number of anilines is 1. The van der Waals surface area contributed by atoms with Crippen LogP contribution in [-0.2, 0) is 31.6 Å². The first-order valence-corrected chi connectivity index (χ1v) is 14.5. The highest BCUT2D eigenvalue weighted by Gasteiger charge is 2.54. The lowest BCUT2D eigenvalue weighted by molar-refractivity contribution is -0.0946. The van der Waals surface area contributed by atoms with Crippen molar-refractivity contribution in [3.63, 3.8) is 0 Å². The third-order valence-corrected chi connectivity index (χ3v) is 9.06. The Balaban J connectivity index is 1.59. The molecule has 1 aliphatic rings. The van der Waals surface area contributed by atoms with E-state index in [1.165, 1.54) is 23.9 Å². The molecule has 22 heteroatoms. The number of nitrogens with zero attached hydrogens (tertiary/aromatic N) is 4. The Labute approximate surface area is 206 Å². The Bertz CT molecular complexity index is 1440. The quantitative estimate of drug-likeness (QED) is 0.150. The molecular weight excluding hydrogens is 565 g/mol. The number of rotatable bonds is 9. The van der Waals surface area contributed by atoms with E-state index in [-0.39, 0.29) is 11.5 Å². The monoisotopic (exact) mass is 586 g/mol. The second-order valence-corrected chi connectivity index (χ2v) is 12.4. The van der Waals surface area contributed by atoms with Crippen LogP contribution in [0.15, 0.2) is 24.8 Å². The van der Waals surface area contributed by atoms with Gasteiger partial charge in [-0.3, -0.25) is 9.62 Å². The Hall–Kier alpha value is -2.08. The second kappa shape index (κ2) is 9.59. The summed E-state index contributed by atoms with van der Waals surface area (Å²) in [5.41, 5.74) is 5.18. The number of nitrogens with one attached hydrogen (secondary N) is 1. The van der Waals surface area contributed by atoms with Gasteiger partial charge in [0, 0.05) is 18.0 Å². The van der Waals surface area contributed by atoms with Gasteiger partial charge in [0.15, 0.2) is 6.23 Å². The molecule has 4 heterocycles. The zero-order chi connectivity index (χ0) is 27.4. The minimum atomic E-state index is -5.74. The molecule has 37 heavy (non-hydrogen) atoms. The fraction of sp³-hybridized carbons (Fsp3) is 0.400. The molecule has 3 aromatic heterocycles. The average molecular weight is 586 g/mol. The van der Waals surface area contributed by atoms with Gasteiger partial charge in [0.25, 0.3) is 0 Å². The summed E-state index contributed by atoms with van der Waals surface area (Å²) in [6.07, 6.45) is -0.486. The highest BCUT2D eigenvalue weighted by atomic mass is 31.3. The van der Waals surface area contributed by atoms with Crippen molar-refractivity contribution in [2.75, 3.05) is 12.3 Å². The van der Waals surface area contributed by atoms with Gasteiger partial charge in [-0.1, -0.05) is 0 Å². The summed E-state index contributed by atoms with van der Waals surface area (Å²) in [5.74, 6) is 0.0933. The smallest absolute Gasteiger partial charge is 0.387 e. The lowest BCUT2D eigenvalue weighted by atomic mass is 9.96. The normalized spacial score (nSPS) is 27.8. The van der Waals surface area contributed by atoms with Crippen LogP contribution >= 0.6 is 23.5 Å². The zero-order valence-electron chi connectivity index (χ0n) is 18.5. The fourth-order valence-electron chi connectivity index (χ4n) is 3.75. The largest absolute Gasteiger partial charge is 0.490 e. The molecule has 1 fully saturated rings. The Morgan fingerprint density at radius 3 is 2.51 bits per heavy atom. The average Bonchev–Trinajstić information content (AvgIpc) is 3.43. The summed E-state index contributed by atoms with van der Waals surface area (Å²) in [7, 11) is -16.8. The number of aromatic nitrogens is 5. The lowest BCUT2D eigenvalue weighted by Crippen LogP contribution is -2.44. The van der Waals surface area contributed by atoms with Gasteiger partial charge in [0.2, 0.25) is 0 Å². The van der Waals surface area contributed by atoms with Gasteiger partial charge in [-0.15, -0.1) is 0 Å². The summed E-state index contributed by atoms with van der Waals surface area (Å²) < 4.78 is 53.1. The summed E-state index contributed by atoms with van der Waals surface area (Å²) in [4.78, 5) is 44.3. The second-order valence-electron chi connectivity index (χ2n) is 7.96. The molecule has 3 aromatic rings. The number of hydrogen-bond donors (Lipinski definition) is 8. The molecule has 6 atom stereocenters. The van der Waals surface area contributed by atoms with Crippen LogP contribution in [0.5, 0.6) is 0 Å². The van der Waals surface area contributed by atoms with Crippen molar-refractivity contribution in [1.29, 1.82) is 0 Å². The van der Waals surface area contributed by atoms with E-state index in [4.69, 9.17) is 20.3 Å². The van der Waals surface area contributed by atoms with Gasteiger partial charge in [0.1, 0.15) is 35.6 Å². The number of hydrogen-bond acceptors (Lipinski definition) is 13. The molecule has 1 aliphatic heterocycles. The van der Waals surface area contributed by atoms with E-state index in [0.29, 0.717) is 16.6 Å². The third kappa shape index (κ3) is 5.84. The first-order chi connectivity index (χ1) is 17.0. The van der Waals surface area contributed by atoms with E-state index in [1.807, 2.05) is 0 Å². The highest BCUT2D eigenvalue weighted by Crippen LogP contribution is 2.66. The predicted octanol–water partition coefficient (Wildman–Crippen LogP) is -0.244. The lowest BCUT2D eigenvalue weighted by Gasteiger charge is -2.27. The molecule has 0 aromatic carbocycles. The fourth-order valence-corrected chi connectivity index (χ4v) is 6.78. The molecule has 0 amide bonds. The number of aliphatic hydroxyl groups excluding tert-OH is 1. The van der Waals surface area contributed by atoms with Crippen molar-refractivity contribution >= 4 is 40.3 Å². The van der Waals surface area contributed by atoms with E-state index in [2.05, 4.69) is 33.3 Å². The van der Waals surface area contributed by atoms with Crippen LogP contribution < -0.4 is 5.73 Å². The van der Waals surface area contributed by atoms with Crippen LogP contribution in [0.25, 0.3) is 22.3 Å². The number of aliphatic hydroxyl groups is 2. The Morgan fingerprint density at radius 2 is 1.89 bits per heavy atom. The summed E-state index contributed by atoms with van der Waals surface area (Å²) in [6, 6.07) is 1.64. The van der Waals surface area contributed by atoms with Gasteiger partial charge in [-0.05, 0) is 13.0 Å². The zero-order valence-corrected chi connectivity index (χ0v) is 21.2. The number of nitrogen functional groups attached to an aromatic ring is 1. The summed E-state index contributed by atoms with van der Waals surface area (Å²) >= 11 is 0. The molecule has 2 unspecified atom stereocenters. The minimum Gasteiger partial charge on any atom is -0.387 e. The summed E-state index contributed by atoms with van der Waals surface area (Å²) in [5, 5.41) is 28.7. The van der Waals surface area contributed by atoms with E-state index < -0.39 is 54.1 Å². The molecule has 4 rings (SSSR count). The van der Waals surface area contributed by atoms with Gasteiger partial charge in [0.05, 0.1) is 17.7 Å². The van der Waals surface area contributed by atoms with Crippen LogP contribution in [0, 0.1) is 0 Å². The molecule has 0 saturated carbocycles. The molecule has 19 nitrogen and oxygen atoms in total. The number of H-pyrrole nitrogens is 1. The first kappa shape index (κ1) is 27.9.